The summed E-state index contributed by atoms with van der Waals surface area (Å²) in [5.41, 5.74) is 1.83. The van der Waals surface area contributed by atoms with Gasteiger partial charge in [0.1, 0.15) is 5.92 Å². The minimum atomic E-state index is -0.204. The number of aromatic nitrogens is 3. The van der Waals surface area contributed by atoms with Crippen LogP contribution in [0.15, 0.2) is 18.2 Å². The van der Waals surface area contributed by atoms with Gasteiger partial charge in [0, 0.05) is 5.69 Å². The summed E-state index contributed by atoms with van der Waals surface area (Å²) in [6, 6.07) is 8.02. The monoisotopic (exact) mass is 200 g/mol. The van der Waals surface area contributed by atoms with Gasteiger partial charge in [-0.3, -0.25) is 0 Å². The van der Waals surface area contributed by atoms with Crippen molar-refractivity contribution in [1.29, 1.82) is 5.26 Å². The normalized spacial score (nSPS) is 12.6. The first-order valence-electron chi connectivity index (χ1n) is 4.98. The highest BCUT2D eigenvalue weighted by Gasteiger charge is 2.14. The zero-order valence-electron chi connectivity index (χ0n) is 8.81. The molecule has 2 aromatic heterocycles. The Kier molecular flexibility index (Phi) is 2.38. The number of aryl methyl sites for hydroxylation is 1. The number of fused-ring (bicyclic) bond motifs is 1. The molecule has 0 aliphatic rings. The van der Waals surface area contributed by atoms with E-state index in [0.717, 1.165) is 17.8 Å². The third kappa shape index (κ3) is 1.57. The van der Waals surface area contributed by atoms with Crippen molar-refractivity contribution in [3.8, 4) is 6.07 Å². The van der Waals surface area contributed by atoms with Crippen LogP contribution in [0.1, 0.15) is 30.8 Å². The number of hydrogen-bond donors (Lipinski definition) is 0. The summed E-state index contributed by atoms with van der Waals surface area (Å²) in [6.07, 6.45) is 0.742. The van der Waals surface area contributed by atoms with E-state index in [1.54, 1.807) is 4.52 Å². The average molecular weight is 200 g/mol. The molecule has 1 unspecified atom stereocenters. The predicted molar refractivity (Wildman–Crippen MR) is 56.4 cm³/mol. The molecule has 76 valence electrons. The topological polar surface area (TPSA) is 54.0 Å². The molecule has 2 aromatic rings. The minimum Gasteiger partial charge on any atom is -0.218 e. The van der Waals surface area contributed by atoms with Crippen LogP contribution in [-0.4, -0.2) is 14.6 Å². The second-order valence-corrected chi connectivity index (χ2v) is 3.50. The third-order valence-electron chi connectivity index (χ3n) is 2.44. The van der Waals surface area contributed by atoms with Gasteiger partial charge in [-0.15, -0.1) is 5.10 Å². The van der Waals surface area contributed by atoms with Crippen LogP contribution in [-0.2, 0) is 0 Å². The number of pyridine rings is 1. The molecule has 0 N–H and O–H groups in total. The fourth-order valence-corrected chi connectivity index (χ4v) is 1.53. The van der Waals surface area contributed by atoms with Gasteiger partial charge in [-0.25, -0.2) is 9.50 Å². The Morgan fingerprint density at radius 1 is 1.53 bits per heavy atom. The van der Waals surface area contributed by atoms with Gasteiger partial charge < -0.3 is 0 Å². The van der Waals surface area contributed by atoms with E-state index in [1.165, 1.54) is 0 Å². The minimum absolute atomic E-state index is 0.204. The Morgan fingerprint density at radius 2 is 2.33 bits per heavy atom. The van der Waals surface area contributed by atoms with E-state index in [1.807, 2.05) is 32.0 Å². The number of nitrogens with zero attached hydrogens (tertiary/aromatic N) is 4. The molecule has 0 aliphatic carbocycles. The highest BCUT2D eigenvalue weighted by atomic mass is 15.3. The number of rotatable bonds is 2. The van der Waals surface area contributed by atoms with Crippen molar-refractivity contribution in [1.82, 2.24) is 14.6 Å². The molecule has 0 fully saturated rings. The molecule has 0 aliphatic heterocycles. The standard InChI is InChI=1S/C11H12N4/c1-3-9(7-12)11-13-10-6-4-5-8(2)15(10)14-11/h4-6,9H,3H2,1-2H3. The third-order valence-corrected chi connectivity index (χ3v) is 2.44. The molecular formula is C11H12N4. The lowest BCUT2D eigenvalue weighted by molar-refractivity contribution is 0.740. The molecule has 15 heavy (non-hydrogen) atoms. The zero-order chi connectivity index (χ0) is 10.8. The molecule has 0 bridgehead atoms. The molecular weight excluding hydrogens is 188 g/mol. The maximum atomic E-state index is 8.93. The molecule has 0 radical (unpaired) electrons. The first-order chi connectivity index (χ1) is 7.26. The summed E-state index contributed by atoms with van der Waals surface area (Å²) < 4.78 is 1.77. The van der Waals surface area contributed by atoms with Crippen LogP contribution >= 0.6 is 0 Å². The summed E-state index contributed by atoms with van der Waals surface area (Å²) in [6.45, 7) is 3.94. The molecule has 2 heterocycles. The van der Waals surface area contributed by atoms with E-state index < -0.39 is 0 Å². The quantitative estimate of drug-likeness (QED) is 0.745. The zero-order valence-corrected chi connectivity index (χ0v) is 8.81. The van der Waals surface area contributed by atoms with Crippen molar-refractivity contribution in [2.45, 2.75) is 26.2 Å². The predicted octanol–water partition coefficient (Wildman–Crippen LogP) is 2.05. The Morgan fingerprint density at radius 3 is 2.93 bits per heavy atom. The van der Waals surface area contributed by atoms with Crippen molar-refractivity contribution in [2.24, 2.45) is 0 Å². The van der Waals surface area contributed by atoms with E-state index in [9.17, 15) is 0 Å². The van der Waals surface area contributed by atoms with Crippen LogP contribution in [0, 0.1) is 18.3 Å². The Balaban J connectivity index is 2.57. The SMILES string of the molecule is CCC(C#N)c1nc2cccc(C)n2n1. The lowest BCUT2D eigenvalue weighted by atomic mass is 10.1. The van der Waals surface area contributed by atoms with E-state index in [4.69, 9.17) is 5.26 Å². The molecule has 2 rings (SSSR count). The van der Waals surface area contributed by atoms with Gasteiger partial charge in [0.2, 0.25) is 0 Å². The Labute approximate surface area is 88.2 Å². The fourth-order valence-electron chi connectivity index (χ4n) is 1.53. The smallest absolute Gasteiger partial charge is 0.168 e. The second kappa shape index (κ2) is 3.70. The van der Waals surface area contributed by atoms with Crippen molar-refractivity contribution in [3.05, 3.63) is 29.7 Å². The number of nitriles is 1. The van der Waals surface area contributed by atoms with E-state index in [2.05, 4.69) is 16.2 Å². The highest BCUT2D eigenvalue weighted by molar-refractivity contribution is 5.39. The molecule has 4 nitrogen and oxygen atoms in total. The van der Waals surface area contributed by atoms with Gasteiger partial charge in [0.25, 0.3) is 0 Å². The maximum Gasteiger partial charge on any atom is 0.168 e. The summed E-state index contributed by atoms with van der Waals surface area (Å²) in [5.74, 6) is 0.415. The van der Waals surface area contributed by atoms with Gasteiger partial charge in [0.05, 0.1) is 6.07 Å². The van der Waals surface area contributed by atoms with Gasteiger partial charge in [-0.2, -0.15) is 5.26 Å². The van der Waals surface area contributed by atoms with Crippen molar-refractivity contribution in [2.75, 3.05) is 0 Å². The summed E-state index contributed by atoms with van der Waals surface area (Å²) in [4.78, 5) is 4.34. The lowest BCUT2D eigenvalue weighted by Crippen LogP contribution is -1.98. The Bertz CT molecular complexity index is 521. The average Bonchev–Trinajstić information content (AvgIpc) is 2.65. The van der Waals surface area contributed by atoms with Crippen molar-refractivity contribution in [3.63, 3.8) is 0 Å². The molecule has 1 atom stereocenters. The highest BCUT2D eigenvalue weighted by Crippen LogP contribution is 2.16. The van der Waals surface area contributed by atoms with E-state index in [-0.39, 0.29) is 5.92 Å². The molecule has 0 amide bonds. The van der Waals surface area contributed by atoms with Crippen molar-refractivity contribution < 1.29 is 0 Å². The first-order valence-corrected chi connectivity index (χ1v) is 4.98. The van der Waals surface area contributed by atoms with Gasteiger partial charge in [-0.1, -0.05) is 13.0 Å². The van der Waals surface area contributed by atoms with Crippen LogP contribution in [0.2, 0.25) is 0 Å². The van der Waals surface area contributed by atoms with Crippen molar-refractivity contribution >= 4 is 5.65 Å². The molecule has 4 heteroatoms. The van der Waals surface area contributed by atoms with E-state index in [0.29, 0.717) is 5.82 Å². The van der Waals surface area contributed by atoms with Crippen LogP contribution in [0.5, 0.6) is 0 Å². The van der Waals surface area contributed by atoms with Gasteiger partial charge in [0.15, 0.2) is 11.5 Å². The second-order valence-electron chi connectivity index (χ2n) is 3.50. The van der Waals surface area contributed by atoms with Gasteiger partial charge >= 0.3 is 0 Å². The van der Waals surface area contributed by atoms with Crippen LogP contribution < -0.4 is 0 Å². The maximum absolute atomic E-state index is 8.93. The van der Waals surface area contributed by atoms with E-state index >= 15 is 0 Å². The summed E-state index contributed by atoms with van der Waals surface area (Å²) >= 11 is 0. The molecule has 0 spiro atoms. The largest absolute Gasteiger partial charge is 0.218 e. The first kappa shape index (κ1) is 9.66. The fraction of sp³-hybridized carbons (Fsp3) is 0.364. The lowest BCUT2D eigenvalue weighted by Gasteiger charge is -1.97. The summed E-state index contributed by atoms with van der Waals surface area (Å²) in [5, 5.41) is 13.3. The molecule has 0 aromatic carbocycles. The van der Waals surface area contributed by atoms with Gasteiger partial charge in [-0.05, 0) is 25.5 Å². The van der Waals surface area contributed by atoms with Crippen LogP contribution in [0.25, 0.3) is 5.65 Å². The molecule has 0 saturated heterocycles. The number of hydrogen-bond acceptors (Lipinski definition) is 3. The van der Waals surface area contributed by atoms with Crippen LogP contribution in [0.4, 0.5) is 0 Å². The Hall–Kier alpha value is -1.89. The van der Waals surface area contributed by atoms with Crippen LogP contribution in [0.3, 0.4) is 0 Å². The molecule has 0 saturated carbocycles. The summed E-state index contributed by atoms with van der Waals surface area (Å²) in [7, 11) is 0.